The van der Waals surface area contributed by atoms with Crippen LogP contribution < -0.4 is 0 Å². The van der Waals surface area contributed by atoms with Crippen molar-refractivity contribution < 1.29 is 9.59 Å². The SMILES string of the molecule is CN(C)C1C(=O)N=C2SCCN2C1=O. The van der Waals surface area contributed by atoms with Crippen molar-refractivity contribution in [3.63, 3.8) is 0 Å². The van der Waals surface area contributed by atoms with Gasteiger partial charge in [-0.1, -0.05) is 11.8 Å². The van der Waals surface area contributed by atoms with Crippen LogP contribution in [0.5, 0.6) is 0 Å². The Hall–Kier alpha value is -0.880. The molecule has 1 unspecified atom stereocenters. The third-order valence-electron chi connectivity index (χ3n) is 2.23. The molecule has 14 heavy (non-hydrogen) atoms. The predicted molar refractivity (Wildman–Crippen MR) is 54.1 cm³/mol. The van der Waals surface area contributed by atoms with Crippen LogP contribution in [0.1, 0.15) is 0 Å². The van der Waals surface area contributed by atoms with Crippen molar-refractivity contribution in [3.05, 3.63) is 0 Å². The number of amidine groups is 1. The standard InChI is InChI=1S/C8H11N3O2S/c1-10(2)5-6(12)9-8-11(7(5)13)3-4-14-8/h5H,3-4H2,1-2H3. The third kappa shape index (κ3) is 1.34. The number of amides is 2. The van der Waals surface area contributed by atoms with Crippen LogP contribution in [0, 0.1) is 0 Å². The zero-order chi connectivity index (χ0) is 10.3. The number of carbonyl (C=O) groups excluding carboxylic acids is 2. The Morgan fingerprint density at radius 1 is 1.50 bits per heavy atom. The lowest BCUT2D eigenvalue weighted by Gasteiger charge is -2.28. The van der Waals surface area contributed by atoms with E-state index in [4.69, 9.17) is 0 Å². The molecule has 6 heteroatoms. The largest absolute Gasteiger partial charge is 0.290 e. The summed E-state index contributed by atoms with van der Waals surface area (Å²) in [6.45, 7) is 0.667. The van der Waals surface area contributed by atoms with Crippen LogP contribution in [0.15, 0.2) is 4.99 Å². The van der Waals surface area contributed by atoms with Crippen LogP contribution >= 0.6 is 11.8 Å². The average Bonchev–Trinajstić information content (AvgIpc) is 2.50. The van der Waals surface area contributed by atoms with Gasteiger partial charge >= 0.3 is 0 Å². The van der Waals surface area contributed by atoms with Gasteiger partial charge in [-0.25, -0.2) is 0 Å². The van der Waals surface area contributed by atoms with Gasteiger partial charge in [0, 0.05) is 12.3 Å². The van der Waals surface area contributed by atoms with Gasteiger partial charge in [0.1, 0.15) is 0 Å². The lowest BCUT2D eigenvalue weighted by atomic mass is 10.2. The summed E-state index contributed by atoms with van der Waals surface area (Å²) in [5.74, 6) is 0.341. The summed E-state index contributed by atoms with van der Waals surface area (Å²) in [6.07, 6.45) is 0. The van der Waals surface area contributed by atoms with Gasteiger partial charge < -0.3 is 0 Å². The summed E-state index contributed by atoms with van der Waals surface area (Å²) in [5.41, 5.74) is 0. The van der Waals surface area contributed by atoms with E-state index in [1.165, 1.54) is 11.8 Å². The summed E-state index contributed by atoms with van der Waals surface area (Å²) in [5, 5.41) is 0.568. The fourth-order valence-electron chi connectivity index (χ4n) is 1.55. The van der Waals surface area contributed by atoms with Crippen LogP contribution in [-0.4, -0.2) is 59.2 Å². The molecule has 76 valence electrons. The van der Waals surface area contributed by atoms with Crippen LogP contribution in [-0.2, 0) is 9.59 Å². The second-order valence-corrected chi connectivity index (χ2v) is 4.50. The van der Waals surface area contributed by atoms with Gasteiger partial charge in [0.05, 0.1) is 0 Å². The molecule has 2 heterocycles. The lowest BCUT2D eigenvalue weighted by molar-refractivity contribution is -0.139. The molecule has 0 aromatic carbocycles. The fraction of sp³-hybridized carbons (Fsp3) is 0.625. The van der Waals surface area contributed by atoms with Crippen LogP contribution in [0.2, 0.25) is 0 Å². The number of aliphatic imine (C=N–C) groups is 1. The Kier molecular flexibility index (Phi) is 2.32. The van der Waals surface area contributed by atoms with Gasteiger partial charge in [-0.3, -0.25) is 19.4 Å². The zero-order valence-electron chi connectivity index (χ0n) is 8.06. The number of fused-ring (bicyclic) bond motifs is 1. The first-order chi connectivity index (χ1) is 6.61. The first kappa shape index (κ1) is 9.67. The van der Waals surface area contributed by atoms with E-state index >= 15 is 0 Å². The highest BCUT2D eigenvalue weighted by Crippen LogP contribution is 2.23. The summed E-state index contributed by atoms with van der Waals surface area (Å²) in [6, 6.07) is -0.725. The summed E-state index contributed by atoms with van der Waals surface area (Å²) in [4.78, 5) is 30.4. The average molecular weight is 213 g/mol. The van der Waals surface area contributed by atoms with E-state index in [-0.39, 0.29) is 11.8 Å². The fourth-order valence-corrected chi connectivity index (χ4v) is 2.50. The molecule has 0 bridgehead atoms. The molecule has 2 aliphatic heterocycles. The number of carbonyl (C=O) groups is 2. The highest BCUT2D eigenvalue weighted by molar-refractivity contribution is 8.14. The van der Waals surface area contributed by atoms with Crippen molar-refractivity contribution in [2.75, 3.05) is 26.4 Å². The molecule has 0 saturated carbocycles. The molecule has 2 rings (SSSR count). The van der Waals surface area contributed by atoms with E-state index < -0.39 is 6.04 Å². The molecule has 0 aromatic rings. The van der Waals surface area contributed by atoms with Gasteiger partial charge in [-0.2, -0.15) is 4.99 Å². The number of thioether (sulfide) groups is 1. The highest BCUT2D eigenvalue weighted by Gasteiger charge is 2.41. The number of likely N-dealkylation sites (N-methyl/N-ethyl adjacent to an activating group) is 1. The quantitative estimate of drug-likeness (QED) is 0.545. The van der Waals surface area contributed by atoms with Crippen molar-refractivity contribution in [3.8, 4) is 0 Å². The maximum atomic E-state index is 11.8. The van der Waals surface area contributed by atoms with Crippen molar-refractivity contribution in [1.29, 1.82) is 0 Å². The van der Waals surface area contributed by atoms with Crippen LogP contribution in [0.3, 0.4) is 0 Å². The summed E-state index contributed by atoms with van der Waals surface area (Å²) in [7, 11) is 3.42. The Morgan fingerprint density at radius 3 is 2.86 bits per heavy atom. The smallest absolute Gasteiger partial charge is 0.275 e. The molecule has 1 fully saturated rings. The van der Waals surface area contributed by atoms with Crippen molar-refractivity contribution >= 4 is 28.7 Å². The molecule has 5 nitrogen and oxygen atoms in total. The van der Waals surface area contributed by atoms with Gasteiger partial charge in [0.2, 0.25) is 0 Å². The number of hydrogen-bond donors (Lipinski definition) is 0. The molecular weight excluding hydrogens is 202 g/mol. The van der Waals surface area contributed by atoms with E-state index in [9.17, 15) is 9.59 Å². The Balaban J connectivity index is 2.34. The number of hydrogen-bond acceptors (Lipinski definition) is 4. The lowest BCUT2D eigenvalue weighted by Crippen LogP contribution is -2.53. The van der Waals surface area contributed by atoms with Crippen LogP contribution in [0.4, 0.5) is 0 Å². The maximum absolute atomic E-state index is 11.8. The molecule has 0 aromatic heterocycles. The van der Waals surface area contributed by atoms with E-state index in [1.54, 1.807) is 23.9 Å². The van der Waals surface area contributed by atoms with Gasteiger partial charge in [0.15, 0.2) is 11.2 Å². The first-order valence-electron chi connectivity index (χ1n) is 4.34. The summed E-state index contributed by atoms with van der Waals surface area (Å²) < 4.78 is 0. The monoisotopic (exact) mass is 213 g/mol. The minimum absolute atomic E-state index is 0.144. The maximum Gasteiger partial charge on any atom is 0.275 e. The van der Waals surface area contributed by atoms with Crippen molar-refractivity contribution in [2.45, 2.75) is 6.04 Å². The minimum Gasteiger partial charge on any atom is -0.290 e. The molecule has 1 saturated heterocycles. The predicted octanol–water partition coefficient (Wildman–Crippen LogP) is -0.612. The molecule has 2 amide bonds. The molecule has 1 atom stereocenters. The first-order valence-corrected chi connectivity index (χ1v) is 5.33. The molecule has 0 spiro atoms. The summed E-state index contributed by atoms with van der Waals surface area (Å²) >= 11 is 1.46. The normalized spacial score (nSPS) is 26.9. The van der Waals surface area contributed by atoms with Gasteiger partial charge in [0.25, 0.3) is 11.8 Å². The molecule has 0 radical (unpaired) electrons. The van der Waals surface area contributed by atoms with E-state index in [0.717, 1.165) is 5.75 Å². The Labute approximate surface area is 86.1 Å². The molecular formula is C8H11N3O2S. The van der Waals surface area contributed by atoms with Crippen molar-refractivity contribution in [1.82, 2.24) is 9.80 Å². The number of rotatable bonds is 1. The van der Waals surface area contributed by atoms with Crippen LogP contribution in [0.25, 0.3) is 0 Å². The number of nitrogens with zero attached hydrogens (tertiary/aromatic N) is 3. The Bertz CT molecular complexity index is 327. The second kappa shape index (κ2) is 3.36. The van der Waals surface area contributed by atoms with Gasteiger partial charge in [-0.15, -0.1) is 0 Å². The highest BCUT2D eigenvalue weighted by atomic mass is 32.2. The topological polar surface area (TPSA) is 53.0 Å². The third-order valence-corrected chi connectivity index (χ3v) is 3.19. The Morgan fingerprint density at radius 2 is 2.21 bits per heavy atom. The molecule has 0 N–H and O–H groups in total. The van der Waals surface area contributed by atoms with E-state index in [0.29, 0.717) is 11.7 Å². The zero-order valence-corrected chi connectivity index (χ0v) is 8.87. The van der Waals surface area contributed by atoms with Gasteiger partial charge in [-0.05, 0) is 14.1 Å². The van der Waals surface area contributed by atoms with E-state index in [2.05, 4.69) is 4.99 Å². The van der Waals surface area contributed by atoms with Crippen molar-refractivity contribution in [2.24, 2.45) is 4.99 Å². The molecule has 0 aliphatic carbocycles. The van der Waals surface area contributed by atoms with E-state index in [1.807, 2.05) is 0 Å². The second-order valence-electron chi connectivity index (χ2n) is 3.44. The minimum atomic E-state index is -0.725. The molecule has 2 aliphatic rings.